The topological polar surface area (TPSA) is 81.7 Å². The van der Waals surface area contributed by atoms with Crippen molar-refractivity contribution in [3.8, 4) is 0 Å². The Bertz CT molecular complexity index is 632. The van der Waals surface area contributed by atoms with Crippen molar-refractivity contribution in [3.63, 3.8) is 0 Å². The molecule has 0 aromatic carbocycles. The highest BCUT2D eigenvalue weighted by Gasteiger charge is 2.29. The van der Waals surface area contributed by atoms with E-state index in [1.54, 1.807) is 21.6 Å². The van der Waals surface area contributed by atoms with Crippen LogP contribution in [-0.4, -0.2) is 53.9 Å². The Morgan fingerprint density at radius 1 is 1.48 bits per heavy atom. The molecule has 0 saturated carbocycles. The van der Waals surface area contributed by atoms with Crippen LogP contribution in [0.1, 0.15) is 42.0 Å². The normalized spacial score (nSPS) is 19.0. The van der Waals surface area contributed by atoms with Crippen LogP contribution in [0.3, 0.4) is 0 Å². The lowest BCUT2D eigenvalue weighted by Crippen LogP contribution is -2.40. The minimum Gasteiger partial charge on any atom is -0.337 e. The molecule has 21 heavy (non-hydrogen) atoms. The van der Waals surface area contributed by atoms with E-state index in [1.807, 2.05) is 18.9 Å². The summed E-state index contributed by atoms with van der Waals surface area (Å²) >= 11 is 0. The number of nitrogens with zero attached hydrogens (tertiary/aromatic N) is 7. The van der Waals surface area contributed by atoms with Crippen molar-refractivity contribution in [1.29, 1.82) is 0 Å². The van der Waals surface area contributed by atoms with Crippen LogP contribution in [0.5, 0.6) is 0 Å². The Morgan fingerprint density at radius 3 is 3.05 bits per heavy atom. The smallest absolute Gasteiger partial charge is 0.272 e. The monoisotopic (exact) mass is 289 g/mol. The maximum atomic E-state index is 12.6. The first-order chi connectivity index (χ1) is 10.2. The van der Waals surface area contributed by atoms with Crippen molar-refractivity contribution >= 4 is 5.91 Å². The summed E-state index contributed by atoms with van der Waals surface area (Å²) in [5, 5.41) is 15.8. The van der Waals surface area contributed by atoms with Gasteiger partial charge in [0.2, 0.25) is 0 Å². The molecule has 1 aliphatic heterocycles. The maximum Gasteiger partial charge on any atom is 0.272 e. The van der Waals surface area contributed by atoms with Gasteiger partial charge in [-0.25, -0.2) is 4.68 Å². The summed E-state index contributed by atoms with van der Waals surface area (Å²) in [5.41, 5.74) is 0.647. The minimum atomic E-state index is 0.0363. The van der Waals surface area contributed by atoms with Gasteiger partial charge in [-0.3, -0.25) is 9.48 Å². The van der Waals surface area contributed by atoms with E-state index in [0.29, 0.717) is 18.8 Å². The van der Waals surface area contributed by atoms with Crippen LogP contribution in [0.4, 0.5) is 0 Å². The first kappa shape index (κ1) is 13.7. The molecular weight excluding hydrogens is 270 g/mol. The van der Waals surface area contributed by atoms with E-state index in [1.165, 1.54) is 0 Å². The molecule has 1 fully saturated rings. The molecule has 0 radical (unpaired) electrons. The second kappa shape index (κ2) is 5.63. The van der Waals surface area contributed by atoms with Gasteiger partial charge in [-0.1, -0.05) is 0 Å². The Kier molecular flexibility index (Phi) is 3.68. The zero-order chi connectivity index (χ0) is 14.8. The maximum absolute atomic E-state index is 12.6. The van der Waals surface area contributed by atoms with Gasteiger partial charge < -0.3 is 4.90 Å². The van der Waals surface area contributed by atoms with Crippen LogP contribution in [0.15, 0.2) is 12.3 Å². The number of aromatic nitrogens is 6. The number of amides is 1. The number of rotatable bonds is 3. The molecule has 3 heterocycles. The molecule has 1 aliphatic rings. The summed E-state index contributed by atoms with van der Waals surface area (Å²) < 4.78 is 3.42. The second-order valence-electron chi connectivity index (χ2n) is 5.28. The molecule has 112 valence electrons. The molecule has 8 heteroatoms. The van der Waals surface area contributed by atoms with Gasteiger partial charge in [-0.15, -0.1) is 5.10 Å². The van der Waals surface area contributed by atoms with Crippen LogP contribution in [-0.2, 0) is 13.6 Å². The molecule has 8 nitrogen and oxygen atoms in total. The number of carbonyl (C=O) groups excluding carboxylic acids is 1. The predicted molar refractivity (Wildman–Crippen MR) is 74.6 cm³/mol. The number of aryl methyl sites for hydroxylation is 2. The van der Waals surface area contributed by atoms with Crippen molar-refractivity contribution < 1.29 is 4.79 Å². The lowest BCUT2D eigenvalue weighted by molar-refractivity contribution is 0.0690. The van der Waals surface area contributed by atoms with Gasteiger partial charge in [-0.2, -0.15) is 5.10 Å². The van der Waals surface area contributed by atoms with Crippen molar-refractivity contribution in [2.75, 3.05) is 13.1 Å². The lowest BCUT2D eigenvalue weighted by Gasteiger charge is -2.31. The van der Waals surface area contributed by atoms with Gasteiger partial charge in [0.05, 0.1) is 0 Å². The highest BCUT2D eigenvalue weighted by Crippen LogP contribution is 2.25. The van der Waals surface area contributed by atoms with E-state index in [4.69, 9.17) is 0 Å². The average molecular weight is 289 g/mol. The van der Waals surface area contributed by atoms with Gasteiger partial charge in [0.1, 0.15) is 5.69 Å². The van der Waals surface area contributed by atoms with Gasteiger partial charge in [-0.05, 0) is 36.3 Å². The molecule has 0 spiro atoms. The van der Waals surface area contributed by atoms with E-state index >= 15 is 0 Å². The number of carbonyl (C=O) groups is 1. The summed E-state index contributed by atoms with van der Waals surface area (Å²) in [6.45, 7) is 4.10. The quantitative estimate of drug-likeness (QED) is 0.819. The fraction of sp³-hybridized carbons (Fsp3) is 0.615. The van der Waals surface area contributed by atoms with E-state index in [2.05, 4.69) is 20.6 Å². The number of tetrazole rings is 1. The molecule has 1 saturated heterocycles. The summed E-state index contributed by atoms with van der Waals surface area (Å²) in [7, 11) is 1.84. The third-order valence-electron chi connectivity index (χ3n) is 3.96. The number of likely N-dealkylation sites (tertiary alicyclic amines) is 1. The van der Waals surface area contributed by atoms with Crippen molar-refractivity contribution in [1.82, 2.24) is 34.9 Å². The molecule has 2 aromatic rings. The van der Waals surface area contributed by atoms with Crippen LogP contribution >= 0.6 is 0 Å². The molecule has 1 atom stereocenters. The fourth-order valence-corrected chi connectivity index (χ4v) is 2.88. The average Bonchev–Trinajstić information content (AvgIpc) is 3.15. The largest absolute Gasteiger partial charge is 0.337 e. The number of hydrogen-bond donors (Lipinski definition) is 0. The summed E-state index contributed by atoms with van der Waals surface area (Å²) in [6, 6.07) is 1.78. The molecular formula is C13H19N7O. The summed E-state index contributed by atoms with van der Waals surface area (Å²) in [6.07, 6.45) is 3.64. The standard InChI is InChI=1S/C13H19N7O/c1-3-20-11(6-7-14-20)13(21)19-8-4-5-10(9-19)12-15-16-17-18(12)2/h6-7,10H,3-5,8-9H2,1-2H3. The van der Waals surface area contributed by atoms with Crippen molar-refractivity contribution in [2.24, 2.45) is 7.05 Å². The third kappa shape index (κ3) is 2.53. The lowest BCUT2D eigenvalue weighted by atomic mass is 9.97. The molecule has 1 amide bonds. The van der Waals surface area contributed by atoms with Crippen molar-refractivity contribution in [2.45, 2.75) is 32.2 Å². The van der Waals surface area contributed by atoms with Crippen LogP contribution in [0.2, 0.25) is 0 Å². The van der Waals surface area contributed by atoms with Gasteiger partial charge in [0, 0.05) is 38.8 Å². The molecule has 1 unspecified atom stereocenters. The van der Waals surface area contributed by atoms with Gasteiger partial charge in [0.15, 0.2) is 5.82 Å². The SMILES string of the molecule is CCn1nccc1C(=O)N1CCCC(c2nnnn2C)C1. The Balaban J connectivity index is 1.77. The zero-order valence-corrected chi connectivity index (χ0v) is 12.3. The minimum absolute atomic E-state index is 0.0363. The van der Waals surface area contributed by atoms with Gasteiger partial charge >= 0.3 is 0 Å². The van der Waals surface area contributed by atoms with Crippen LogP contribution in [0.25, 0.3) is 0 Å². The Hall–Kier alpha value is -2.25. The fourth-order valence-electron chi connectivity index (χ4n) is 2.88. The molecule has 0 N–H and O–H groups in total. The highest BCUT2D eigenvalue weighted by atomic mass is 16.2. The summed E-state index contributed by atoms with van der Waals surface area (Å²) in [5.74, 6) is 1.08. The Morgan fingerprint density at radius 2 is 2.33 bits per heavy atom. The zero-order valence-electron chi connectivity index (χ0n) is 12.3. The predicted octanol–water partition coefficient (Wildman–Crippen LogP) is 0.446. The molecule has 0 bridgehead atoms. The van der Waals surface area contributed by atoms with Crippen LogP contribution < -0.4 is 0 Å². The molecule has 2 aromatic heterocycles. The van der Waals surface area contributed by atoms with E-state index in [0.717, 1.165) is 25.2 Å². The number of hydrogen-bond acceptors (Lipinski definition) is 5. The highest BCUT2D eigenvalue weighted by molar-refractivity contribution is 5.92. The second-order valence-corrected chi connectivity index (χ2v) is 5.28. The van der Waals surface area contributed by atoms with Crippen LogP contribution in [0, 0.1) is 0 Å². The molecule has 3 rings (SSSR count). The van der Waals surface area contributed by atoms with E-state index in [9.17, 15) is 4.79 Å². The number of piperidine rings is 1. The first-order valence-corrected chi connectivity index (χ1v) is 7.24. The van der Waals surface area contributed by atoms with Crippen molar-refractivity contribution in [3.05, 3.63) is 23.8 Å². The van der Waals surface area contributed by atoms with E-state index < -0.39 is 0 Å². The van der Waals surface area contributed by atoms with Gasteiger partial charge in [0.25, 0.3) is 5.91 Å². The Labute approximate surface area is 122 Å². The molecule has 0 aliphatic carbocycles. The first-order valence-electron chi connectivity index (χ1n) is 7.24. The summed E-state index contributed by atoms with van der Waals surface area (Å²) in [4.78, 5) is 14.5. The third-order valence-corrected chi connectivity index (χ3v) is 3.96. The van der Waals surface area contributed by atoms with E-state index in [-0.39, 0.29) is 11.8 Å².